The Morgan fingerprint density at radius 1 is 1.13 bits per heavy atom. The number of carbonyl (C=O) groups is 2. The number of esters is 1. The van der Waals surface area contributed by atoms with E-state index in [1.165, 1.54) is 7.05 Å². The molecule has 3 rings (SSSR count). The summed E-state index contributed by atoms with van der Waals surface area (Å²) < 4.78 is 5.70. The Balaban J connectivity index is 2.03. The molecule has 1 saturated carbocycles. The van der Waals surface area contributed by atoms with Gasteiger partial charge in [0.2, 0.25) is 0 Å². The summed E-state index contributed by atoms with van der Waals surface area (Å²) in [5, 5.41) is 2.56. The maximum atomic E-state index is 12.3. The molecule has 0 saturated heterocycles. The van der Waals surface area contributed by atoms with E-state index in [4.69, 9.17) is 4.74 Å². The van der Waals surface area contributed by atoms with Gasteiger partial charge in [0.1, 0.15) is 11.2 Å². The van der Waals surface area contributed by atoms with Crippen molar-refractivity contribution < 1.29 is 14.3 Å². The third-order valence-electron chi connectivity index (χ3n) is 4.61. The molecule has 1 fully saturated rings. The molecule has 4 nitrogen and oxygen atoms in total. The molecule has 0 unspecified atom stereocenters. The molecule has 120 valence electrons. The van der Waals surface area contributed by atoms with Gasteiger partial charge in [-0.3, -0.25) is 4.79 Å². The van der Waals surface area contributed by atoms with Gasteiger partial charge in [0.25, 0.3) is 5.91 Å². The number of amides is 1. The second-order valence-corrected chi connectivity index (χ2v) is 6.06. The van der Waals surface area contributed by atoms with Crippen LogP contribution in [0.3, 0.4) is 0 Å². The van der Waals surface area contributed by atoms with E-state index in [1.807, 2.05) is 42.5 Å². The van der Waals surface area contributed by atoms with E-state index < -0.39 is 11.6 Å². The van der Waals surface area contributed by atoms with Crippen LogP contribution in [0.2, 0.25) is 0 Å². The lowest BCUT2D eigenvalue weighted by atomic mass is 9.78. The highest BCUT2D eigenvalue weighted by molar-refractivity contribution is 6.19. The fourth-order valence-corrected chi connectivity index (χ4v) is 3.43. The Morgan fingerprint density at radius 3 is 2.48 bits per heavy atom. The van der Waals surface area contributed by atoms with Gasteiger partial charge >= 0.3 is 5.97 Å². The Kier molecular flexibility index (Phi) is 4.33. The highest BCUT2D eigenvalue weighted by atomic mass is 16.6. The van der Waals surface area contributed by atoms with Gasteiger partial charge in [-0.15, -0.1) is 0 Å². The molecule has 1 N–H and O–H groups in total. The van der Waals surface area contributed by atoms with Crippen molar-refractivity contribution in [2.75, 3.05) is 7.05 Å². The van der Waals surface area contributed by atoms with Crippen LogP contribution in [-0.4, -0.2) is 24.5 Å². The van der Waals surface area contributed by atoms with Gasteiger partial charge in [0, 0.05) is 12.6 Å². The number of carbonyl (C=O) groups excluding carboxylic acids is 2. The molecule has 4 heteroatoms. The number of hydrogen-bond acceptors (Lipinski definition) is 3. The zero-order valence-electron chi connectivity index (χ0n) is 13.3. The molecule has 1 amide bonds. The quantitative estimate of drug-likeness (QED) is 0.689. The molecule has 2 aliphatic rings. The SMILES string of the molecule is CNC(=O)C1=C(/C=C/c2ccccc2)C2(CCCCC2)OC1=O. The molecule has 1 aliphatic carbocycles. The van der Waals surface area contributed by atoms with Crippen LogP contribution < -0.4 is 5.32 Å². The smallest absolute Gasteiger partial charge is 0.345 e. The van der Waals surface area contributed by atoms with Crippen molar-refractivity contribution in [2.24, 2.45) is 0 Å². The lowest BCUT2D eigenvalue weighted by molar-refractivity contribution is -0.149. The summed E-state index contributed by atoms with van der Waals surface area (Å²) in [5.41, 5.74) is 1.29. The lowest BCUT2D eigenvalue weighted by Crippen LogP contribution is -2.34. The van der Waals surface area contributed by atoms with Crippen LogP contribution in [0.15, 0.2) is 47.6 Å². The van der Waals surface area contributed by atoms with Crippen molar-refractivity contribution in [1.82, 2.24) is 5.32 Å². The van der Waals surface area contributed by atoms with Gasteiger partial charge in [-0.1, -0.05) is 48.9 Å². The van der Waals surface area contributed by atoms with Crippen LogP contribution in [0.25, 0.3) is 6.08 Å². The summed E-state index contributed by atoms with van der Waals surface area (Å²) >= 11 is 0. The maximum Gasteiger partial charge on any atom is 0.345 e. The first-order valence-electron chi connectivity index (χ1n) is 8.09. The van der Waals surface area contributed by atoms with E-state index in [-0.39, 0.29) is 11.5 Å². The number of benzene rings is 1. The maximum absolute atomic E-state index is 12.3. The van der Waals surface area contributed by atoms with Crippen LogP contribution in [-0.2, 0) is 14.3 Å². The second-order valence-electron chi connectivity index (χ2n) is 6.06. The Hall–Kier alpha value is -2.36. The van der Waals surface area contributed by atoms with Gasteiger partial charge < -0.3 is 10.1 Å². The third kappa shape index (κ3) is 2.93. The monoisotopic (exact) mass is 311 g/mol. The van der Waals surface area contributed by atoms with E-state index in [0.717, 1.165) is 43.2 Å². The summed E-state index contributed by atoms with van der Waals surface area (Å²) in [7, 11) is 1.53. The van der Waals surface area contributed by atoms with Crippen molar-refractivity contribution in [3.63, 3.8) is 0 Å². The van der Waals surface area contributed by atoms with Gasteiger partial charge in [-0.05, 0) is 31.2 Å². The summed E-state index contributed by atoms with van der Waals surface area (Å²) in [6.45, 7) is 0. The van der Waals surface area contributed by atoms with E-state index in [2.05, 4.69) is 5.32 Å². The van der Waals surface area contributed by atoms with Gasteiger partial charge in [-0.25, -0.2) is 4.79 Å². The van der Waals surface area contributed by atoms with E-state index in [0.29, 0.717) is 0 Å². The highest BCUT2D eigenvalue weighted by Crippen LogP contribution is 2.44. The molecule has 0 aromatic heterocycles. The van der Waals surface area contributed by atoms with E-state index in [9.17, 15) is 9.59 Å². The predicted molar refractivity (Wildman–Crippen MR) is 88.5 cm³/mol. The molecule has 0 bridgehead atoms. The molecule has 0 atom stereocenters. The summed E-state index contributed by atoms with van der Waals surface area (Å²) in [4.78, 5) is 24.5. The molecule has 0 radical (unpaired) electrons. The van der Waals surface area contributed by atoms with Crippen LogP contribution in [0.4, 0.5) is 0 Å². The number of hydrogen-bond donors (Lipinski definition) is 1. The third-order valence-corrected chi connectivity index (χ3v) is 4.61. The molecular formula is C19H21NO3. The number of ether oxygens (including phenoxy) is 1. The summed E-state index contributed by atoms with van der Waals surface area (Å²) in [6, 6.07) is 9.85. The Bertz CT molecular complexity index is 667. The first-order chi connectivity index (χ1) is 11.2. The van der Waals surface area contributed by atoms with Crippen LogP contribution in [0.5, 0.6) is 0 Å². The first kappa shape index (κ1) is 15.5. The molecule has 23 heavy (non-hydrogen) atoms. The van der Waals surface area contributed by atoms with Gasteiger partial charge in [0.15, 0.2) is 0 Å². The summed E-state index contributed by atoms with van der Waals surface area (Å²) in [5.74, 6) is -0.871. The minimum atomic E-state index is -0.623. The van der Waals surface area contributed by atoms with Crippen molar-refractivity contribution >= 4 is 18.0 Å². The van der Waals surface area contributed by atoms with Crippen molar-refractivity contribution in [2.45, 2.75) is 37.7 Å². The minimum Gasteiger partial charge on any atom is -0.450 e. The molecule has 1 heterocycles. The predicted octanol–water partition coefficient (Wildman–Crippen LogP) is 3.00. The van der Waals surface area contributed by atoms with Gasteiger partial charge in [-0.2, -0.15) is 0 Å². The van der Waals surface area contributed by atoms with E-state index in [1.54, 1.807) is 0 Å². The Morgan fingerprint density at radius 2 is 1.83 bits per heavy atom. The Labute approximate surface area is 136 Å². The van der Waals surface area contributed by atoms with Crippen LogP contribution in [0, 0.1) is 0 Å². The molecular weight excluding hydrogens is 290 g/mol. The fourth-order valence-electron chi connectivity index (χ4n) is 3.43. The van der Waals surface area contributed by atoms with Crippen LogP contribution >= 0.6 is 0 Å². The van der Waals surface area contributed by atoms with Crippen molar-refractivity contribution in [3.8, 4) is 0 Å². The number of likely N-dealkylation sites (N-methyl/N-ethyl adjacent to an activating group) is 1. The standard InChI is InChI=1S/C19H21NO3/c1-20-17(21)16-15(11-10-14-8-4-2-5-9-14)19(23-18(16)22)12-6-3-7-13-19/h2,4-5,8-11H,3,6-7,12-13H2,1H3,(H,20,21)/b11-10+. The molecule has 1 aliphatic heterocycles. The van der Waals surface area contributed by atoms with Crippen molar-refractivity contribution in [3.05, 3.63) is 53.1 Å². The number of nitrogens with one attached hydrogen (secondary N) is 1. The zero-order chi connectivity index (χ0) is 16.3. The van der Waals surface area contributed by atoms with Gasteiger partial charge in [0.05, 0.1) is 0 Å². The average Bonchev–Trinajstić information content (AvgIpc) is 2.85. The molecule has 1 aromatic carbocycles. The molecule has 1 spiro atoms. The largest absolute Gasteiger partial charge is 0.450 e. The topological polar surface area (TPSA) is 55.4 Å². The van der Waals surface area contributed by atoms with E-state index >= 15 is 0 Å². The minimum absolute atomic E-state index is 0.154. The fraction of sp³-hybridized carbons (Fsp3) is 0.368. The number of rotatable bonds is 3. The normalized spacial score (nSPS) is 20.1. The zero-order valence-corrected chi connectivity index (χ0v) is 13.3. The summed E-state index contributed by atoms with van der Waals surface area (Å²) in [6.07, 6.45) is 8.56. The lowest BCUT2D eigenvalue weighted by Gasteiger charge is -2.33. The second kappa shape index (κ2) is 6.41. The molecule has 1 aromatic rings. The average molecular weight is 311 g/mol. The first-order valence-corrected chi connectivity index (χ1v) is 8.09. The van der Waals surface area contributed by atoms with Crippen molar-refractivity contribution in [1.29, 1.82) is 0 Å². The van der Waals surface area contributed by atoms with Crippen LogP contribution in [0.1, 0.15) is 37.7 Å². The highest BCUT2D eigenvalue weighted by Gasteiger charge is 2.48.